The van der Waals surface area contributed by atoms with Crippen LogP contribution in [0.1, 0.15) is 45.4 Å². The van der Waals surface area contributed by atoms with Crippen LogP contribution in [0.5, 0.6) is 0 Å². The summed E-state index contributed by atoms with van der Waals surface area (Å²) in [7, 11) is 0. The van der Waals surface area contributed by atoms with E-state index in [2.05, 4.69) is 39.6 Å². The molecular weight excluding hydrogens is 376 g/mol. The molecule has 1 aromatic heterocycles. The maximum Gasteiger partial charge on any atom is 0.410 e. The van der Waals surface area contributed by atoms with Crippen molar-refractivity contribution in [2.45, 2.75) is 52.7 Å². The zero-order valence-electron chi connectivity index (χ0n) is 14.4. The second-order valence-corrected chi connectivity index (χ2v) is 9.56. The van der Waals surface area contributed by atoms with E-state index in [0.717, 1.165) is 43.5 Å². The number of nitrogens with zero attached hydrogens (tertiary/aromatic N) is 1. The van der Waals surface area contributed by atoms with Crippen molar-refractivity contribution in [3.63, 3.8) is 0 Å². The number of ether oxygens (including phenoxy) is 1. The van der Waals surface area contributed by atoms with Gasteiger partial charge in [0.1, 0.15) is 5.60 Å². The molecule has 0 bridgehead atoms. The zero-order valence-corrected chi connectivity index (χ0v) is 16.8. The monoisotopic (exact) mass is 402 g/mol. The number of carbonyl (C=O) groups excluding carboxylic acids is 1. The molecule has 1 amide bonds. The van der Waals surface area contributed by atoms with Gasteiger partial charge in [0.25, 0.3) is 0 Å². The first-order valence-corrected chi connectivity index (χ1v) is 9.76. The Morgan fingerprint density at radius 3 is 2.87 bits per heavy atom. The van der Waals surface area contributed by atoms with Gasteiger partial charge in [-0.25, -0.2) is 4.79 Å². The average Bonchev–Trinajstić information content (AvgIpc) is 2.82. The summed E-state index contributed by atoms with van der Waals surface area (Å²) in [5.41, 5.74) is -0.334. The van der Waals surface area contributed by atoms with Crippen molar-refractivity contribution in [2.75, 3.05) is 19.6 Å². The van der Waals surface area contributed by atoms with Crippen molar-refractivity contribution in [3.8, 4) is 0 Å². The lowest BCUT2D eigenvalue weighted by atomic mass is 9.82. The minimum Gasteiger partial charge on any atom is -0.444 e. The van der Waals surface area contributed by atoms with Gasteiger partial charge in [-0.15, -0.1) is 11.3 Å². The molecule has 2 heterocycles. The van der Waals surface area contributed by atoms with E-state index in [9.17, 15) is 4.79 Å². The molecule has 1 N–H and O–H groups in total. The predicted molar refractivity (Wildman–Crippen MR) is 98.9 cm³/mol. The Bertz CT molecular complexity index is 541. The molecule has 0 aromatic carbocycles. The molecule has 1 aliphatic rings. The minimum absolute atomic E-state index is 0.101. The lowest BCUT2D eigenvalue weighted by Crippen LogP contribution is -2.50. The standard InChI is InChI=1S/C17H27BrN2O2S/c1-16(2,3)22-15(21)20-7-5-6-17(4,12-20)11-19-9-14-8-13(18)10-23-14/h8,10,19H,5-7,9,11-12H2,1-4H3. The van der Waals surface area contributed by atoms with Gasteiger partial charge < -0.3 is 15.0 Å². The molecule has 1 saturated heterocycles. The van der Waals surface area contributed by atoms with Gasteiger partial charge in [-0.3, -0.25) is 0 Å². The number of amides is 1. The number of piperidine rings is 1. The van der Waals surface area contributed by atoms with E-state index in [1.807, 2.05) is 25.7 Å². The third-order valence-corrected chi connectivity index (χ3v) is 5.60. The molecule has 6 heteroatoms. The van der Waals surface area contributed by atoms with Crippen LogP contribution < -0.4 is 5.32 Å². The number of hydrogen-bond donors (Lipinski definition) is 1. The maximum absolute atomic E-state index is 12.3. The van der Waals surface area contributed by atoms with Crippen LogP contribution in [0.15, 0.2) is 15.9 Å². The summed E-state index contributed by atoms with van der Waals surface area (Å²) in [5.74, 6) is 0. The number of carbonyl (C=O) groups is 1. The van der Waals surface area contributed by atoms with Crippen molar-refractivity contribution < 1.29 is 9.53 Å². The van der Waals surface area contributed by atoms with E-state index in [0.29, 0.717) is 0 Å². The third kappa shape index (κ3) is 6.08. The van der Waals surface area contributed by atoms with Gasteiger partial charge in [-0.05, 0) is 61.0 Å². The summed E-state index contributed by atoms with van der Waals surface area (Å²) in [6.07, 6.45) is 1.97. The van der Waals surface area contributed by atoms with E-state index < -0.39 is 5.60 Å². The Morgan fingerprint density at radius 1 is 1.52 bits per heavy atom. The molecule has 2 rings (SSSR count). The van der Waals surface area contributed by atoms with E-state index in [4.69, 9.17) is 4.74 Å². The highest BCUT2D eigenvalue weighted by Gasteiger charge is 2.34. The summed E-state index contributed by atoms with van der Waals surface area (Å²) < 4.78 is 6.65. The normalized spacial score (nSPS) is 22.2. The molecule has 1 unspecified atom stereocenters. The molecule has 0 spiro atoms. The highest BCUT2D eigenvalue weighted by molar-refractivity contribution is 9.10. The van der Waals surface area contributed by atoms with Gasteiger partial charge >= 0.3 is 6.09 Å². The Balaban J connectivity index is 1.84. The largest absolute Gasteiger partial charge is 0.444 e. The van der Waals surface area contributed by atoms with Crippen LogP contribution in [-0.4, -0.2) is 36.2 Å². The maximum atomic E-state index is 12.3. The van der Waals surface area contributed by atoms with Crippen molar-refractivity contribution in [1.29, 1.82) is 0 Å². The predicted octanol–water partition coefficient (Wildman–Crippen LogP) is 4.64. The fraction of sp³-hybridized carbons (Fsp3) is 0.706. The quantitative estimate of drug-likeness (QED) is 0.797. The SMILES string of the molecule is CC1(CNCc2cc(Br)cs2)CCCN(C(=O)OC(C)(C)C)C1. The van der Waals surface area contributed by atoms with Crippen LogP contribution in [0.4, 0.5) is 4.79 Å². The van der Waals surface area contributed by atoms with Crippen molar-refractivity contribution in [3.05, 3.63) is 20.8 Å². The second kappa shape index (κ2) is 7.53. The third-order valence-electron chi connectivity index (χ3n) is 3.91. The minimum atomic E-state index is -0.435. The molecule has 23 heavy (non-hydrogen) atoms. The van der Waals surface area contributed by atoms with Crippen molar-refractivity contribution >= 4 is 33.4 Å². The number of thiophene rings is 1. The molecule has 0 saturated carbocycles. The molecule has 1 fully saturated rings. The van der Waals surface area contributed by atoms with Crippen LogP contribution in [0, 0.1) is 5.41 Å². The summed E-state index contributed by atoms with van der Waals surface area (Å²) >= 11 is 5.24. The van der Waals surface area contributed by atoms with Crippen LogP contribution >= 0.6 is 27.3 Å². The fourth-order valence-corrected chi connectivity index (χ4v) is 4.30. The molecule has 1 aromatic rings. The molecular formula is C17H27BrN2O2S. The topological polar surface area (TPSA) is 41.6 Å². The lowest BCUT2D eigenvalue weighted by Gasteiger charge is -2.41. The molecule has 1 aliphatic heterocycles. The van der Waals surface area contributed by atoms with Gasteiger partial charge in [-0.2, -0.15) is 0 Å². The number of halogens is 1. The first-order valence-electron chi connectivity index (χ1n) is 8.08. The highest BCUT2D eigenvalue weighted by Crippen LogP contribution is 2.30. The summed E-state index contributed by atoms with van der Waals surface area (Å²) in [6.45, 7) is 11.3. The van der Waals surface area contributed by atoms with Crippen LogP contribution in [0.2, 0.25) is 0 Å². The van der Waals surface area contributed by atoms with Crippen molar-refractivity contribution in [1.82, 2.24) is 10.2 Å². The van der Waals surface area contributed by atoms with Gasteiger partial charge in [0, 0.05) is 40.9 Å². The first-order chi connectivity index (χ1) is 10.7. The number of hydrogen-bond acceptors (Lipinski definition) is 4. The lowest BCUT2D eigenvalue weighted by molar-refractivity contribution is 0.00676. The summed E-state index contributed by atoms with van der Waals surface area (Å²) in [6, 6.07) is 2.15. The Labute approximate surface area is 151 Å². The fourth-order valence-electron chi connectivity index (χ4n) is 2.88. The van der Waals surface area contributed by atoms with E-state index in [1.165, 1.54) is 4.88 Å². The van der Waals surface area contributed by atoms with Gasteiger partial charge in [0.15, 0.2) is 0 Å². The van der Waals surface area contributed by atoms with Crippen LogP contribution in [0.3, 0.4) is 0 Å². The van der Waals surface area contributed by atoms with Crippen molar-refractivity contribution in [2.24, 2.45) is 5.41 Å². The second-order valence-electron chi connectivity index (χ2n) is 7.65. The van der Waals surface area contributed by atoms with Crippen LogP contribution in [-0.2, 0) is 11.3 Å². The highest BCUT2D eigenvalue weighted by atomic mass is 79.9. The zero-order chi connectivity index (χ0) is 17.1. The Kier molecular flexibility index (Phi) is 6.14. The van der Waals surface area contributed by atoms with E-state index >= 15 is 0 Å². The molecule has 1 atom stereocenters. The van der Waals surface area contributed by atoms with Gasteiger partial charge in [-0.1, -0.05) is 6.92 Å². The summed E-state index contributed by atoms with van der Waals surface area (Å²) in [4.78, 5) is 15.5. The average molecular weight is 403 g/mol. The smallest absolute Gasteiger partial charge is 0.410 e. The molecule has 4 nitrogen and oxygen atoms in total. The molecule has 0 radical (unpaired) electrons. The first kappa shape index (κ1) is 18.7. The molecule has 130 valence electrons. The Morgan fingerprint density at radius 2 is 2.26 bits per heavy atom. The number of likely N-dealkylation sites (tertiary alicyclic amines) is 1. The van der Waals surface area contributed by atoms with Gasteiger partial charge in [0.2, 0.25) is 0 Å². The number of nitrogens with one attached hydrogen (secondary N) is 1. The Hall–Kier alpha value is -0.590. The number of rotatable bonds is 4. The van der Waals surface area contributed by atoms with Gasteiger partial charge in [0.05, 0.1) is 0 Å². The van der Waals surface area contributed by atoms with E-state index in [-0.39, 0.29) is 11.5 Å². The summed E-state index contributed by atoms with van der Waals surface area (Å²) in [5, 5.41) is 5.64. The van der Waals surface area contributed by atoms with E-state index in [1.54, 1.807) is 11.3 Å². The van der Waals surface area contributed by atoms with Crippen LogP contribution in [0.25, 0.3) is 0 Å². The molecule has 0 aliphatic carbocycles.